The number of thiophene rings is 1. The van der Waals surface area contributed by atoms with Gasteiger partial charge in [0, 0.05) is 44.5 Å². The van der Waals surface area contributed by atoms with E-state index in [0.29, 0.717) is 16.7 Å². The number of benzene rings is 1. The van der Waals surface area contributed by atoms with E-state index in [-0.39, 0.29) is 0 Å². The van der Waals surface area contributed by atoms with Crippen LogP contribution in [0.5, 0.6) is 0 Å². The quantitative estimate of drug-likeness (QED) is 0.576. The number of nitrogens with one attached hydrogen (secondary N) is 1. The zero-order valence-electron chi connectivity index (χ0n) is 16.6. The number of guanidine groups is 1. The molecule has 1 N–H and O–H groups in total. The Bertz CT molecular complexity index is 907. The van der Waals surface area contributed by atoms with Gasteiger partial charge in [0.15, 0.2) is 5.96 Å². The summed E-state index contributed by atoms with van der Waals surface area (Å²) >= 11 is 1.29. The third-order valence-electron chi connectivity index (χ3n) is 4.85. The third-order valence-corrected chi connectivity index (χ3v) is 8.20. The molecule has 152 valence electrons. The molecule has 6 nitrogen and oxygen atoms in total. The van der Waals surface area contributed by atoms with Crippen LogP contribution in [0.2, 0.25) is 0 Å². The van der Waals surface area contributed by atoms with Crippen LogP contribution >= 0.6 is 11.3 Å². The smallest absolute Gasteiger partial charge is 0.252 e. The van der Waals surface area contributed by atoms with Crippen molar-refractivity contribution in [3.05, 3.63) is 52.9 Å². The maximum absolute atomic E-state index is 12.2. The lowest BCUT2D eigenvalue weighted by atomic mass is 9.99. The summed E-state index contributed by atoms with van der Waals surface area (Å²) in [5.74, 6) is 1.41. The van der Waals surface area contributed by atoms with E-state index in [1.165, 1.54) is 21.2 Å². The van der Waals surface area contributed by atoms with Gasteiger partial charge in [0.05, 0.1) is 6.54 Å². The van der Waals surface area contributed by atoms with Gasteiger partial charge in [-0.25, -0.2) is 17.7 Å². The number of hydrogen-bond acceptors (Lipinski definition) is 4. The average molecular weight is 421 g/mol. The van der Waals surface area contributed by atoms with Gasteiger partial charge in [0.25, 0.3) is 10.0 Å². The first-order valence-corrected chi connectivity index (χ1v) is 11.8. The molecule has 1 aliphatic rings. The van der Waals surface area contributed by atoms with E-state index >= 15 is 0 Å². The number of aliphatic imine (C=N–C) groups is 1. The van der Waals surface area contributed by atoms with Crippen molar-refractivity contribution >= 4 is 27.3 Å². The van der Waals surface area contributed by atoms with Crippen molar-refractivity contribution in [2.24, 2.45) is 4.99 Å². The van der Waals surface area contributed by atoms with Crippen molar-refractivity contribution in [1.82, 2.24) is 14.5 Å². The van der Waals surface area contributed by atoms with E-state index in [9.17, 15) is 8.42 Å². The Labute approximate surface area is 171 Å². The third kappa shape index (κ3) is 4.74. The Morgan fingerprint density at radius 2 is 2.00 bits per heavy atom. The van der Waals surface area contributed by atoms with Crippen LogP contribution in [0.15, 0.2) is 51.7 Å². The van der Waals surface area contributed by atoms with Gasteiger partial charge >= 0.3 is 0 Å². The van der Waals surface area contributed by atoms with Gasteiger partial charge in [-0.1, -0.05) is 30.3 Å². The van der Waals surface area contributed by atoms with Crippen LogP contribution in [0.25, 0.3) is 0 Å². The molecule has 1 atom stereocenters. The Hall–Kier alpha value is -1.90. The Morgan fingerprint density at radius 3 is 2.68 bits per heavy atom. The van der Waals surface area contributed by atoms with Gasteiger partial charge < -0.3 is 10.2 Å². The van der Waals surface area contributed by atoms with E-state index in [1.807, 2.05) is 12.1 Å². The van der Waals surface area contributed by atoms with E-state index in [0.717, 1.165) is 36.9 Å². The summed E-state index contributed by atoms with van der Waals surface area (Å²) in [5, 5.41) is 3.38. The van der Waals surface area contributed by atoms with E-state index < -0.39 is 10.0 Å². The molecule has 1 saturated heterocycles. The highest BCUT2D eigenvalue weighted by molar-refractivity contribution is 7.91. The Morgan fingerprint density at radius 1 is 1.25 bits per heavy atom. The second kappa shape index (κ2) is 9.07. The highest BCUT2D eigenvalue weighted by atomic mass is 32.2. The van der Waals surface area contributed by atoms with Crippen molar-refractivity contribution in [1.29, 1.82) is 0 Å². The molecule has 1 aliphatic heterocycles. The SMILES string of the molecule is CCNC(=NCc1ccc(S(=O)(=O)N(C)C)s1)N1CCC(c2ccccc2)C1. The molecule has 1 fully saturated rings. The number of rotatable bonds is 6. The molecule has 1 aromatic heterocycles. The maximum Gasteiger partial charge on any atom is 0.252 e. The van der Waals surface area contributed by atoms with Crippen LogP contribution in [-0.4, -0.2) is 57.3 Å². The summed E-state index contributed by atoms with van der Waals surface area (Å²) in [4.78, 5) is 8.00. The molecule has 3 rings (SSSR count). The zero-order chi connectivity index (χ0) is 20.1. The molecule has 0 bridgehead atoms. The minimum Gasteiger partial charge on any atom is -0.357 e. The van der Waals surface area contributed by atoms with E-state index in [2.05, 4.69) is 41.4 Å². The van der Waals surface area contributed by atoms with Crippen molar-refractivity contribution in [3.8, 4) is 0 Å². The monoisotopic (exact) mass is 420 g/mol. The highest BCUT2D eigenvalue weighted by Crippen LogP contribution is 2.27. The lowest BCUT2D eigenvalue weighted by molar-refractivity contribution is 0.486. The summed E-state index contributed by atoms with van der Waals surface area (Å²) < 4.78 is 26.1. The van der Waals surface area contributed by atoms with Crippen LogP contribution in [0.1, 0.15) is 29.7 Å². The molecule has 0 radical (unpaired) electrons. The van der Waals surface area contributed by atoms with Crippen LogP contribution in [0.3, 0.4) is 0 Å². The van der Waals surface area contributed by atoms with Gasteiger partial charge in [0.1, 0.15) is 4.21 Å². The first-order valence-electron chi connectivity index (χ1n) is 9.51. The lowest BCUT2D eigenvalue weighted by Gasteiger charge is -2.21. The zero-order valence-corrected chi connectivity index (χ0v) is 18.3. The molecule has 1 unspecified atom stereocenters. The Balaban J connectivity index is 1.69. The molecule has 0 amide bonds. The maximum atomic E-state index is 12.2. The summed E-state index contributed by atoms with van der Waals surface area (Å²) in [6, 6.07) is 14.1. The molecular formula is C20H28N4O2S2. The van der Waals surface area contributed by atoms with Crippen molar-refractivity contribution in [3.63, 3.8) is 0 Å². The van der Waals surface area contributed by atoms with Gasteiger partial charge in [-0.15, -0.1) is 11.3 Å². The fourth-order valence-corrected chi connectivity index (χ4v) is 5.74. The minimum absolute atomic E-state index is 0.359. The van der Waals surface area contributed by atoms with Crippen LogP contribution < -0.4 is 5.32 Å². The largest absolute Gasteiger partial charge is 0.357 e. The van der Waals surface area contributed by atoms with E-state index in [4.69, 9.17) is 4.99 Å². The van der Waals surface area contributed by atoms with Crippen LogP contribution in [-0.2, 0) is 16.6 Å². The van der Waals surface area contributed by atoms with E-state index in [1.54, 1.807) is 20.2 Å². The predicted molar refractivity (Wildman–Crippen MR) is 115 cm³/mol. The summed E-state index contributed by atoms with van der Waals surface area (Å²) in [6.45, 7) is 5.25. The molecule has 0 saturated carbocycles. The normalized spacial score (nSPS) is 18.1. The molecule has 2 aromatic rings. The van der Waals surface area contributed by atoms with Crippen LogP contribution in [0, 0.1) is 0 Å². The second-order valence-electron chi connectivity index (χ2n) is 7.02. The average Bonchev–Trinajstić information content (AvgIpc) is 3.36. The summed E-state index contributed by atoms with van der Waals surface area (Å²) in [6.07, 6.45) is 1.11. The van der Waals surface area contributed by atoms with Gasteiger partial charge in [0.2, 0.25) is 0 Å². The van der Waals surface area contributed by atoms with Gasteiger partial charge in [-0.05, 0) is 31.0 Å². The van der Waals surface area contributed by atoms with Gasteiger partial charge in [-0.2, -0.15) is 0 Å². The predicted octanol–water partition coefficient (Wildman–Crippen LogP) is 2.95. The molecule has 28 heavy (non-hydrogen) atoms. The molecule has 1 aromatic carbocycles. The van der Waals surface area contributed by atoms with Gasteiger partial charge in [-0.3, -0.25) is 0 Å². The van der Waals surface area contributed by atoms with Crippen molar-refractivity contribution in [2.45, 2.75) is 30.0 Å². The topological polar surface area (TPSA) is 65.0 Å². The lowest BCUT2D eigenvalue weighted by Crippen LogP contribution is -2.39. The van der Waals surface area contributed by atoms with Crippen molar-refractivity contribution in [2.75, 3.05) is 33.7 Å². The number of sulfonamides is 1. The summed E-state index contributed by atoms with van der Waals surface area (Å²) in [7, 11) is -0.284. The van der Waals surface area contributed by atoms with Crippen molar-refractivity contribution < 1.29 is 8.42 Å². The fourth-order valence-electron chi connectivity index (χ4n) is 3.29. The minimum atomic E-state index is -3.38. The molecule has 8 heteroatoms. The Kier molecular flexibility index (Phi) is 6.74. The first-order chi connectivity index (χ1) is 13.4. The number of hydrogen-bond donors (Lipinski definition) is 1. The highest BCUT2D eigenvalue weighted by Gasteiger charge is 2.26. The molecule has 0 spiro atoms. The van der Waals surface area contributed by atoms with Crippen LogP contribution in [0.4, 0.5) is 0 Å². The number of likely N-dealkylation sites (tertiary alicyclic amines) is 1. The summed E-state index contributed by atoms with van der Waals surface area (Å²) in [5.41, 5.74) is 1.37. The molecule has 0 aliphatic carbocycles. The first kappa shape index (κ1) is 20.8. The number of nitrogens with zero attached hydrogens (tertiary/aromatic N) is 3. The molecule has 2 heterocycles. The fraction of sp³-hybridized carbons (Fsp3) is 0.450. The standard InChI is InChI=1S/C20H28N4O2S2/c1-4-21-20(24-13-12-17(15-24)16-8-6-5-7-9-16)22-14-18-10-11-19(27-18)28(25,26)23(2)3/h5-11,17H,4,12-15H2,1-3H3,(H,21,22). The molecular weight excluding hydrogens is 392 g/mol. The second-order valence-corrected chi connectivity index (χ2v) is 10.6.